The third-order valence-electron chi connectivity index (χ3n) is 5.39. The average molecular weight is 489 g/mol. The van der Waals surface area contributed by atoms with Crippen LogP contribution >= 0.6 is 24.0 Å². The van der Waals surface area contributed by atoms with Crippen LogP contribution in [0, 0.1) is 20.8 Å². The van der Waals surface area contributed by atoms with E-state index in [9.17, 15) is 9.59 Å². The lowest BCUT2D eigenvalue weighted by atomic mass is 10.1. The fraction of sp³-hybridized carbons (Fsp3) is 0.148. The fourth-order valence-corrected chi connectivity index (χ4v) is 4.73. The first kappa shape index (κ1) is 23.7. The van der Waals surface area contributed by atoms with Gasteiger partial charge in [-0.05, 0) is 85.5 Å². The normalized spacial score (nSPS) is 14.6. The first-order valence-corrected chi connectivity index (χ1v) is 12.0. The molecule has 3 aromatic rings. The van der Waals surface area contributed by atoms with E-state index in [0.717, 1.165) is 28.1 Å². The number of ether oxygens (including phenoxy) is 1. The van der Waals surface area contributed by atoms with Crippen LogP contribution in [0.2, 0.25) is 0 Å². The van der Waals surface area contributed by atoms with Gasteiger partial charge in [0.25, 0.3) is 11.8 Å². The zero-order valence-corrected chi connectivity index (χ0v) is 20.8. The van der Waals surface area contributed by atoms with Crippen molar-refractivity contribution in [2.45, 2.75) is 20.8 Å². The summed E-state index contributed by atoms with van der Waals surface area (Å²) in [6, 6.07) is 20.7. The number of hydrogen-bond acceptors (Lipinski definition) is 5. The Morgan fingerprint density at radius 2 is 1.79 bits per heavy atom. The maximum absolute atomic E-state index is 12.9. The summed E-state index contributed by atoms with van der Waals surface area (Å²) in [6.45, 7) is 5.91. The van der Waals surface area contributed by atoms with Crippen molar-refractivity contribution < 1.29 is 14.3 Å². The zero-order valence-electron chi connectivity index (χ0n) is 19.1. The van der Waals surface area contributed by atoms with E-state index in [0.29, 0.717) is 15.0 Å². The number of rotatable bonds is 6. The topological polar surface area (TPSA) is 58.6 Å². The maximum atomic E-state index is 12.9. The zero-order chi connectivity index (χ0) is 24.2. The second-order valence-corrected chi connectivity index (χ2v) is 9.74. The van der Waals surface area contributed by atoms with Gasteiger partial charge in [-0.25, -0.2) is 0 Å². The van der Waals surface area contributed by atoms with Crippen molar-refractivity contribution in [2.75, 3.05) is 16.8 Å². The smallest absolute Gasteiger partial charge is 0.270 e. The predicted molar refractivity (Wildman–Crippen MR) is 143 cm³/mol. The molecule has 0 atom stereocenters. The summed E-state index contributed by atoms with van der Waals surface area (Å²) in [5.74, 6) is 0.204. The Labute approximate surface area is 208 Å². The average Bonchev–Trinajstić information content (AvgIpc) is 3.08. The fourth-order valence-electron chi connectivity index (χ4n) is 3.43. The highest BCUT2D eigenvalue weighted by Gasteiger charge is 2.33. The molecule has 5 nitrogen and oxygen atoms in total. The van der Waals surface area contributed by atoms with E-state index in [1.54, 1.807) is 17.0 Å². The van der Waals surface area contributed by atoms with Gasteiger partial charge >= 0.3 is 0 Å². The summed E-state index contributed by atoms with van der Waals surface area (Å²) in [7, 11) is 0. The van der Waals surface area contributed by atoms with Crippen molar-refractivity contribution in [2.24, 2.45) is 0 Å². The van der Waals surface area contributed by atoms with Crippen molar-refractivity contribution in [3.8, 4) is 5.75 Å². The maximum Gasteiger partial charge on any atom is 0.270 e. The van der Waals surface area contributed by atoms with Crippen molar-refractivity contribution in [3.05, 3.63) is 93.9 Å². The summed E-state index contributed by atoms with van der Waals surface area (Å²) in [4.78, 5) is 27.3. The summed E-state index contributed by atoms with van der Waals surface area (Å²) < 4.78 is 6.12. The van der Waals surface area contributed by atoms with E-state index in [4.69, 9.17) is 17.0 Å². The highest BCUT2D eigenvalue weighted by Crippen LogP contribution is 2.36. The summed E-state index contributed by atoms with van der Waals surface area (Å²) >= 11 is 6.73. The molecule has 1 fully saturated rings. The minimum Gasteiger partial charge on any atom is -0.484 e. The van der Waals surface area contributed by atoms with Gasteiger partial charge in [-0.2, -0.15) is 0 Å². The van der Waals surface area contributed by atoms with Crippen LogP contribution < -0.4 is 15.0 Å². The van der Waals surface area contributed by atoms with Gasteiger partial charge in [-0.3, -0.25) is 14.5 Å². The second kappa shape index (κ2) is 10.2. The number of benzene rings is 3. The van der Waals surface area contributed by atoms with E-state index in [1.807, 2.05) is 81.4 Å². The van der Waals surface area contributed by atoms with Crippen LogP contribution in [0.4, 0.5) is 11.4 Å². The van der Waals surface area contributed by atoms with E-state index < -0.39 is 0 Å². The van der Waals surface area contributed by atoms with Gasteiger partial charge in [0, 0.05) is 5.69 Å². The molecule has 1 aliphatic heterocycles. The van der Waals surface area contributed by atoms with Crippen LogP contribution in [0.15, 0.2) is 71.6 Å². The van der Waals surface area contributed by atoms with E-state index in [2.05, 4.69) is 5.32 Å². The quantitative estimate of drug-likeness (QED) is 0.339. The molecule has 4 rings (SSSR count). The number of amides is 2. The molecule has 2 amide bonds. The van der Waals surface area contributed by atoms with Crippen molar-refractivity contribution in [1.29, 1.82) is 0 Å². The lowest BCUT2D eigenvalue weighted by Crippen LogP contribution is -2.27. The molecular formula is C27H24N2O3S2. The molecule has 0 bridgehead atoms. The first-order valence-electron chi connectivity index (χ1n) is 10.7. The Hall–Kier alpha value is -3.42. The Balaban J connectivity index is 1.37. The van der Waals surface area contributed by atoms with Gasteiger partial charge in [-0.15, -0.1) is 0 Å². The third kappa shape index (κ3) is 5.55. The SMILES string of the molecule is Cc1cccc(N2C(=O)/C(=C\c3ccc(OCC(=O)Nc4ccc(C)c(C)c4)cc3)SC2=S)c1. The Morgan fingerprint density at radius 3 is 2.50 bits per heavy atom. The summed E-state index contributed by atoms with van der Waals surface area (Å²) in [5.41, 5.74) is 5.71. The summed E-state index contributed by atoms with van der Waals surface area (Å²) in [5, 5.41) is 2.84. The van der Waals surface area contributed by atoms with Crippen LogP contribution in [0.25, 0.3) is 6.08 Å². The molecule has 0 aliphatic carbocycles. The van der Waals surface area contributed by atoms with Gasteiger partial charge in [0.15, 0.2) is 10.9 Å². The second-order valence-electron chi connectivity index (χ2n) is 8.06. The molecule has 1 N–H and O–H groups in total. The molecule has 0 radical (unpaired) electrons. The molecular weight excluding hydrogens is 464 g/mol. The van der Waals surface area contributed by atoms with E-state index >= 15 is 0 Å². The van der Waals surface area contributed by atoms with Gasteiger partial charge < -0.3 is 10.1 Å². The number of hydrogen-bond donors (Lipinski definition) is 1. The Kier molecular flexibility index (Phi) is 7.14. The van der Waals surface area contributed by atoms with Gasteiger partial charge in [0.2, 0.25) is 0 Å². The lowest BCUT2D eigenvalue weighted by molar-refractivity contribution is -0.118. The molecule has 0 unspecified atom stereocenters. The molecule has 0 aromatic heterocycles. The van der Waals surface area contributed by atoms with Crippen LogP contribution in [0.5, 0.6) is 5.75 Å². The molecule has 7 heteroatoms. The highest BCUT2D eigenvalue weighted by atomic mass is 32.2. The number of nitrogens with zero attached hydrogens (tertiary/aromatic N) is 1. The van der Waals surface area contributed by atoms with Crippen molar-refractivity contribution >= 4 is 57.6 Å². The molecule has 3 aromatic carbocycles. The van der Waals surface area contributed by atoms with Crippen LogP contribution in [-0.4, -0.2) is 22.7 Å². The number of carbonyl (C=O) groups excluding carboxylic acids is 2. The predicted octanol–water partition coefficient (Wildman–Crippen LogP) is 6.04. The number of anilines is 2. The standard InChI is InChI=1S/C27H24N2O3S2/c1-17-5-4-6-22(13-17)29-26(31)24(34-27(29)33)15-20-8-11-23(12-9-20)32-16-25(30)28-21-10-7-18(2)19(3)14-21/h4-15H,16H2,1-3H3,(H,28,30)/b24-15+. The molecule has 1 heterocycles. The molecule has 1 aliphatic rings. The number of thioether (sulfide) groups is 1. The van der Waals surface area contributed by atoms with E-state index in [1.165, 1.54) is 17.3 Å². The highest BCUT2D eigenvalue weighted by molar-refractivity contribution is 8.27. The largest absolute Gasteiger partial charge is 0.484 e. The van der Waals surface area contributed by atoms with Gasteiger partial charge in [0.05, 0.1) is 10.6 Å². The first-order chi connectivity index (χ1) is 16.3. The Morgan fingerprint density at radius 1 is 1.03 bits per heavy atom. The van der Waals surface area contributed by atoms with Crippen molar-refractivity contribution in [3.63, 3.8) is 0 Å². The number of aryl methyl sites for hydroxylation is 3. The Bertz CT molecular complexity index is 1300. The molecule has 1 saturated heterocycles. The van der Waals surface area contributed by atoms with Crippen molar-refractivity contribution in [1.82, 2.24) is 0 Å². The molecule has 34 heavy (non-hydrogen) atoms. The van der Waals surface area contributed by atoms with Crippen LogP contribution in [-0.2, 0) is 9.59 Å². The minimum absolute atomic E-state index is 0.0958. The van der Waals surface area contributed by atoms with Gasteiger partial charge in [0.1, 0.15) is 5.75 Å². The lowest BCUT2D eigenvalue weighted by Gasteiger charge is -2.14. The van der Waals surface area contributed by atoms with Crippen LogP contribution in [0.1, 0.15) is 22.3 Å². The molecule has 0 spiro atoms. The number of thiocarbonyl (C=S) groups is 1. The van der Waals surface area contributed by atoms with Gasteiger partial charge in [-0.1, -0.05) is 54.3 Å². The third-order valence-corrected chi connectivity index (χ3v) is 6.69. The molecule has 172 valence electrons. The number of carbonyl (C=O) groups is 2. The monoisotopic (exact) mass is 488 g/mol. The summed E-state index contributed by atoms with van der Waals surface area (Å²) in [6.07, 6.45) is 1.81. The molecule has 0 saturated carbocycles. The minimum atomic E-state index is -0.229. The van der Waals surface area contributed by atoms with Crippen LogP contribution in [0.3, 0.4) is 0 Å². The number of nitrogens with one attached hydrogen (secondary N) is 1. The van der Waals surface area contributed by atoms with E-state index in [-0.39, 0.29) is 18.4 Å².